The molecule has 1 heteroatoms. The lowest BCUT2D eigenvalue weighted by molar-refractivity contribution is 0.108. The molecule has 0 aliphatic rings. The van der Waals surface area contributed by atoms with Crippen LogP contribution in [0.1, 0.15) is 53.4 Å². The Balaban J connectivity index is 3.40. The first-order valence-electron chi connectivity index (χ1n) is 5.26. The minimum Gasteiger partial charge on any atom is -0.393 e. The first kappa shape index (κ1) is 12.0. The molecule has 0 heterocycles. The molecule has 0 spiro atoms. The molecule has 0 amide bonds. The number of rotatable bonds is 6. The Labute approximate surface area is 77.2 Å². The van der Waals surface area contributed by atoms with Crippen LogP contribution in [-0.2, 0) is 0 Å². The first-order chi connectivity index (χ1) is 5.57. The Kier molecular flexibility index (Phi) is 6.45. The number of aliphatic hydroxyl groups is 1. The van der Waals surface area contributed by atoms with Crippen molar-refractivity contribution in [3.63, 3.8) is 0 Å². The Hall–Kier alpha value is -0.0400. The van der Waals surface area contributed by atoms with Crippen molar-refractivity contribution in [2.75, 3.05) is 0 Å². The topological polar surface area (TPSA) is 20.2 Å². The molecular formula is C11H24O. The second-order valence-corrected chi connectivity index (χ2v) is 4.28. The molecule has 12 heavy (non-hydrogen) atoms. The minimum atomic E-state index is -0.0932. The second-order valence-electron chi connectivity index (χ2n) is 4.28. The van der Waals surface area contributed by atoms with Gasteiger partial charge in [-0.15, -0.1) is 0 Å². The van der Waals surface area contributed by atoms with Gasteiger partial charge in [0.1, 0.15) is 0 Å². The van der Waals surface area contributed by atoms with Crippen LogP contribution < -0.4 is 0 Å². The maximum Gasteiger partial charge on any atom is 0.0563 e. The van der Waals surface area contributed by atoms with Crippen molar-refractivity contribution in [1.82, 2.24) is 0 Å². The smallest absolute Gasteiger partial charge is 0.0563 e. The summed E-state index contributed by atoms with van der Waals surface area (Å²) in [6, 6.07) is 0. The fourth-order valence-corrected chi connectivity index (χ4v) is 1.43. The van der Waals surface area contributed by atoms with E-state index in [-0.39, 0.29) is 6.10 Å². The van der Waals surface area contributed by atoms with Crippen LogP contribution in [0, 0.1) is 11.8 Å². The van der Waals surface area contributed by atoms with Gasteiger partial charge < -0.3 is 5.11 Å². The fraction of sp³-hybridized carbons (Fsp3) is 1.00. The summed E-state index contributed by atoms with van der Waals surface area (Å²) in [5.41, 5.74) is 0. The summed E-state index contributed by atoms with van der Waals surface area (Å²) in [6.07, 6.45) is 4.61. The van der Waals surface area contributed by atoms with Crippen LogP contribution in [-0.4, -0.2) is 11.2 Å². The van der Waals surface area contributed by atoms with Crippen molar-refractivity contribution < 1.29 is 5.11 Å². The monoisotopic (exact) mass is 172 g/mol. The summed E-state index contributed by atoms with van der Waals surface area (Å²) < 4.78 is 0. The highest BCUT2D eigenvalue weighted by molar-refractivity contribution is 4.62. The van der Waals surface area contributed by atoms with E-state index in [2.05, 4.69) is 27.7 Å². The molecule has 2 unspecified atom stereocenters. The maximum atomic E-state index is 9.54. The number of aliphatic hydroxyl groups excluding tert-OH is 1. The Morgan fingerprint density at radius 2 is 1.58 bits per heavy atom. The predicted octanol–water partition coefficient (Wildman–Crippen LogP) is 3.22. The maximum absolute atomic E-state index is 9.54. The summed E-state index contributed by atoms with van der Waals surface area (Å²) in [5, 5.41) is 9.54. The Bertz CT molecular complexity index is 99.2. The lowest BCUT2D eigenvalue weighted by atomic mass is 9.94. The van der Waals surface area contributed by atoms with Crippen LogP contribution in [0.25, 0.3) is 0 Å². The van der Waals surface area contributed by atoms with Crippen LogP contribution in [0.15, 0.2) is 0 Å². The van der Waals surface area contributed by atoms with E-state index in [9.17, 15) is 5.11 Å². The zero-order chi connectivity index (χ0) is 9.56. The van der Waals surface area contributed by atoms with Crippen molar-refractivity contribution in [3.8, 4) is 0 Å². The van der Waals surface area contributed by atoms with Gasteiger partial charge in [-0.25, -0.2) is 0 Å². The second kappa shape index (κ2) is 6.47. The van der Waals surface area contributed by atoms with E-state index < -0.39 is 0 Å². The molecule has 0 radical (unpaired) electrons. The molecule has 0 saturated heterocycles. The third kappa shape index (κ3) is 5.59. The first-order valence-corrected chi connectivity index (χ1v) is 5.26. The molecule has 0 aromatic carbocycles. The van der Waals surface area contributed by atoms with Gasteiger partial charge in [-0.1, -0.05) is 40.5 Å². The highest BCUT2D eigenvalue weighted by Gasteiger charge is 2.10. The van der Waals surface area contributed by atoms with Crippen LogP contribution >= 0.6 is 0 Å². The molecule has 1 nitrogen and oxygen atoms in total. The van der Waals surface area contributed by atoms with Gasteiger partial charge in [-0.3, -0.25) is 0 Å². The Morgan fingerprint density at radius 1 is 1.00 bits per heavy atom. The average Bonchev–Trinajstić information content (AvgIpc) is 2.00. The molecule has 0 aliphatic heterocycles. The van der Waals surface area contributed by atoms with E-state index in [1.54, 1.807) is 0 Å². The van der Waals surface area contributed by atoms with Gasteiger partial charge >= 0.3 is 0 Å². The molecule has 0 saturated carbocycles. The summed E-state index contributed by atoms with van der Waals surface area (Å²) >= 11 is 0. The summed E-state index contributed by atoms with van der Waals surface area (Å²) in [6.45, 7) is 8.65. The van der Waals surface area contributed by atoms with E-state index >= 15 is 0 Å². The van der Waals surface area contributed by atoms with Crippen molar-refractivity contribution in [1.29, 1.82) is 0 Å². The minimum absolute atomic E-state index is 0.0932. The molecule has 0 aromatic heterocycles. The zero-order valence-corrected chi connectivity index (χ0v) is 9.01. The van der Waals surface area contributed by atoms with Gasteiger partial charge in [0.2, 0.25) is 0 Å². The van der Waals surface area contributed by atoms with E-state index in [1.165, 1.54) is 19.3 Å². The SMILES string of the molecule is CCCC(C)CCC(O)C(C)C. The number of hydrogen-bond donors (Lipinski definition) is 1. The third-order valence-electron chi connectivity index (χ3n) is 2.51. The lowest BCUT2D eigenvalue weighted by Crippen LogP contribution is -2.15. The highest BCUT2D eigenvalue weighted by Crippen LogP contribution is 2.16. The average molecular weight is 172 g/mol. The molecule has 0 rings (SSSR count). The fourth-order valence-electron chi connectivity index (χ4n) is 1.43. The zero-order valence-electron chi connectivity index (χ0n) is 9.01. The van der Waals surface area contributed by atoms with Gasteiger partial charge in [0, 0.05) is 0 Å². The molecule has 0 aliphatic carbocycles. The normalized spacial score (nSPS) is 16.5. The van der Waals surface area contributed by atoms with Crippen LogP contribution in [0.4, 0.5) is 0 Å². The van der Waals surface area contributed by atoms with Gasteiger partial charge in [0.05, 0.1) is 6.10 Å². The largest absolute Gasteiger partial charge is 0.393 e. The molecule has 1 N–H and O–H groups in total. The quantitative estimate of drug-likeness (QED) is 0.652. The highest BCUT2D eigenvalue weighted by atomic mass is 16.3. The van der Waals surface area contributed by atoms with Gasteiger partial charge in [-0.2, -0.15) is 0 Å². The van der Waals surface area contributed by atoms with Crippen molar-refractivity contribution in [2.45, 2.75) is 59.5 Å². The van der Waals surface area contributed by atoms with E-state index in [0.29, 0.717) is 5.92 Å². The molecule has 2 atom stereocenters. The molecule has 0 fully saturated rings. The van der Waals surface area contributed by atoms with E-state index in [0.717, 1.165) is 12.3 Å². The molecular weight excluding hydrogens is 148 g/mol. The summed E-state index contributed by atoms with van der Waals surface area (Å²) in [5.74, 6) is 1.20. The molecule has 0 aromatic rings. The summed E-state index contributed by atoms with van der Waals surface area (Å²) in [4.78, 5) is 0. The van der Waals surface area contributed by atoms with Gasteiger partial charge in [0.25, 0.3) is 0 Å². The van der Waals surface area contributed by atoms with E-state index in [1.807, 2.05) is 0 Å². The van der Waals surface area contributed by atoms with Crippen LogP contribution in [0.5, 0.6) is 0 Å². The molecule has 0 bridgehead atoms. The van der Waals surface area contributed by atoms with E-state index in [4.69, 9.17) is 0 Å². The number of hydrogen-bond acceptors (Lipinski definition) is 1. The van der Waals surface area contributed by atoms with Gasteiger partial charge in [0.15, 0.2) is 0 Å². The molecule has 74 valence electrons. The van der Waals surface area contributed by atoms with Crippen molar-refractivity contribution >= 4 is 0 Å². The van der Waals surface area contributed by atoms with Crippen LogP contribution in [0.2, 0.25) is 0 Å². The lowest BCUT2D eigenvalue weighted by Gasteiger charge is -2.16. The van der Waals surface area contributed by atoms with Crippen LogP contribution in [0.3, 0.4) is 0 Å². The summed E-state index contributed by atoms with van der Waals surface area (Å²) in [7, 11) is 0. The van der Waals surface area contributed by atoms with Gasteiger partial charge in [-0.05, 0) is 24.7 Å². The van der Waals surface area contributed by atoms with Crippen molar-refractivity contribution in [2.24, 2.45) is 11.8 Å². The third-order valence-corrected chi connectivity index (χ3v) is 2.51. The standard InChI is InChI=1S/C11H24O/c1-5-6-10(4)7-8-11(12)9(2)3/h9-12H,5-8H2,1-4H3. The Morgan fingerprint density at radius 3 is 2.00 bits per heavy atom. The van der Waals surface area contributed by atoms with Crippen molar-refractivity contribution in [3.05, 3.63) is 0 Å². The predicted molar refractivity (Wildman–Crippen MR) is 54.2 cm³/mol.